The van der Waals surface area contributed by atoms with E-state index in [-0.39, 0.29) is 35.9 Å². The number of hydrogen-bond donors (Lipinski definition) is 3. The number of carbonyl (C=O) groups excluding carboxylic acids is 1. The third kappa shape index (κ3) is 5.56. The van der Waals surface area contributed by atoms with Crippen LogP contribution in [0.25, 0.3) is 0 Å². The largest absolute Gasteiger partial charge is 0.481 e. The first-order valence-electron chi connectivity index (χ1n) is 12.1. The van der Waals surface area contributed by atoms with Crippen LogP contribution in [0.5, 0.6) is 0 Å². The zero-order valence-electron chi connectivity index (χ0n) is 18.8. The molecule has 0 heterocycles. The van der Waals surface area contributed by atoms with Gasteiger partial charge < -0.3 is 15.3 Å². The summed E-state index contributed by atoms with van der Waals surface area (Å²) in [5, 5.41) is 30.3. The highest BCUT2D eigenvalue weighted by Gasteiger charge is 2.44. The van der Waals surface area contributed by atoms with E-state index in [1.807, 2.05) is 24.3 Å². The molecule has 2 saturated carbocycles. The summed E-state index contributed by atoms with van der Waals surface area (Å²) in [7, 11) is 0. The minimum Gasteiger partial charge on any atom is -0.481 e. The van der Waals surface area contributed by atoms with Gasteiger partial charge in [-0.1, -0.05) is 63.3 Å². The number of aliphatic hydroxyl groups is 2. The lowest BCUT2D eigenvalue weighted by Gasteiger charge is -2.46. The van der Waals surface area contributed by atoms with Crippen LogP contribution in [0.15, 0.2) is 24.3 Å². The number of aliphatic carboxylic acids is 1. The molecule has 1 aromatic rings. The summed E-state index contributed by atoms with van der Waals surface area (Å²) in [5.41, 5.74) is 1.93. The van der Waals surface area contributed by atoms with Crippen molar-refractivity contribution in [3.63, 3.8) is 0 Å². The number of carboxylic acid groups (broad SMARTS) is 1. The number of carbonyl (C=O) groups is 2. The molecule has 5 heteroatoms. The zero-order valence-corrected chi connectivity index (χ0v) is 18.8. The van der Waals surface area contributed by atoms with Gasteiger partial charge in [-0.25, -0.2) is 0 Å². The molecule has 1 aromatic carbocycles. The Hall–Kier alpha value is -1.72. The van der Waals surface area contributed by atoms with Crippen LogP contribution in [0.4, 0.5) is 0 Å². The van der Waals surface area contributed by atoms with Gasteiger partial charge in [0.25, 0.3) is 0 Å². The summed E-state index contributed by atoms with van der Waals surface area (Å²) in [5.74, 6) is -1.00. The highest BCUT2D eigenvalue weighted by atomic mass is 16.4. The molecular formula is C26H38O5. The van der Waals surface area contributed by atoms with Crippen molar-refractivity contribution in [2.24, 2.45) is 11.3 Å². The summed E-state index contributed by atoms with van der Waals surface area (Å²) >= 11 is 0. The minimum absolute atomic E-state index is 0.0161. The van der Waals surface area contributed by atoms with Crippen molar-refractivity contribution in [2.75, 3.05) is 0 Å². The third-order valence-electron chi connectivity index (χ3n) is 7.64. The second-order valence-electron chi connectivity index (χ2n) is 9.75. The molecule has 2 aliphatic rings. The molecule has 4 atom stereocenters. The van der Waals surface area contributed by atoms with Crippen LogP contribution in [-0.4, -0.2) is 33.2 Å². The van der Waals surface area contributed by atoms with Gasteiger partial charge in [-0.05, 0) is 43.2 Å². The maximum Gasteiger partial charge on any atom is 0.303 e. The van der Waals surface area contributed by atoms with E-state index in [9.17, 15) is 19.8 Å². The van der Waals surface area contributed by atoms with E-state index in [0.717, 1.165) is 62.5 Å². The number of carboxylic acids is 1. The first-order valence-corrected chi connectivity index (χ1v) is 12.1. The Kier molecular flexibility index (Phi) is 8.29. The van der Waals surface area contributed by atoms with E-state index in [1.54, 1.807) is 0 Å². The Morgan fingerprint density at radius 3 is 2.39 bits per heavy atom. The fourth-order valence-electron chi connectivity index (χ4n) is 5.78. The molecular weight excluding hydrogens is 392 g/mol. The van der Waals surface area contributed by atoms with E-state index >= 15 is 0 Å². The van der Waals surface area contributed by atoms with Gasteiger partial charge in [0.05, 0.1) is 12.2 Å². The SMILES string of the molecule is CCCC1(C(O)c2ccc([C@H]3[C@H](O)CC(=O)[C@@H]3CCCCCCC(=O)O)cc2)CCC1. The fourth-order valence-corrected chi connectivity index (χ4v) is 5.78. The lowest BCUT2D eigenvalue weighted by molar-refractivity contribution is -0.137. The topological polar surface area (TPSA) is 94.8 Å². The highest BCUT2D eigenvalue weighted by Crippen LogP contribution is 2.53. The van der Waals surface area contributed by atoms with Crippen molar-refractivity contribution in [2.45, 2.75) is 102 Å². The van der Waals surface area contributed by atoms with Gasteiger partial charge >= 0.3 is 5.97 Å². The van der Waals surface area contributed by atoms with Crippen LogP contribution in [0.2, 0.25) is 0 Å². The maximum atomic E-state index is 12.5. The molecule has 0 radical (unpaired) electrons. The van der Waals surface area contributed by atoms with E-state index in [1.165, 1.54) is 6.42 Å². The van der Waals surface area contributed by atoms with Gasteiger partial charge in [0.1, 0.15) is 5.78 Å². The fraction of sp³-hybridized carbons (Fsp3) is 0.692. The predicted molar refractivity (Wildman–Crippen MR) is 120 cm³/mol. The molecule has 0 aromatic heterocycles. The molecule has 5 nitrogen and oxygen atoms in total. The van der Waals surface area contributed by atoms with Gasteiger partial charge in [-0.3, -0.25) is 9.59 Å². The predicted octanol–water partition coefficient (Wildman–Crippen LogP) is 5.15. The van der Waals surface area contributed by atoms with E-state index in [0.29, 0.717) is 6.42 Å². The molecule has 1 unspecified atom stereocenters. The van der Waals surface area contributed by atoms with Crippen molar-refractivity contribution < 1.29 is 24.9 Å². The van der Waals surface area contributed by atoms with Gasteiger partial charge in [0, 0.05) is 30.1 Å². The summed E-state index contributed by atoms with van der Waals surface area (Å²) in [6, 6.07) is 7.94. The number of hydrogen-bond acceptors (Lipinski definition) is 4. The monoisotopic (exact) mass is 430 g/mol. The van der Waals surface area contributed by atoms with Crippen molar-refractivity contribution in [3.05, 3.63) is 35.4 Å². The number of rotatable bonds is 12. The van der Waals surface area contributed by atoms with Crippen LogP contribution in [0.1, 0.15) is 107 Å². The molecule has 0 bridgehead atoms. The second-order valence-corrected chi connectivity index (χ2v) is 9.75. The highest BCUT2D eigenvalue weighted by molar-refractivity contribution is 5.85. The maximum absolute atomic E-state index is 12.5. The van der Waals surface area contributed by atoms with Crippen molar-refractivity contribution in [1.82, 2.24) is 0 Å². The van der Waals surface area contributed by atoms with Gasteiger partial charge in [0.15, 0.2) is 0 Å². The lowest BCUT2D eigenvalue weighted by Crippen LogP contribution is -2.36. The molecule has 172 valence electrons. The van der Waals surface area contributed by atoms with Crippen molar-refractivity contribution >= 4 is 11.8 Å². The molecule has 0 spiro atoms. The summed E-state index contributed by atoms with van der Waals surface area (Å²) in [6.07, 6.45) is 8.79. The van der Waals surface area contributed by atoms with Crippen LogP contribution in [0.3, 0.4) is 0 Å². The third-order valence-corrected chi connectivity index (χ3v) is 7.64. The van der Waals surface area contributed by atoms with Crippen LogP contribution < -0.4 is 0 Å². The molecule has 2 aliphatic carbocycles. The molecule has 3 N–H and O–H groups in total. The Morgan fingerprint density at radius 2 is 1.81 bits per heavy atom. The molecule has 0 aliphatic heterocycles. The van der Waals surface area contributed by atoms with E-state index < -0.39 is 18.2 Å². The lowest BCUT2D eigenvalue weighted by atomic mass is 9.61. The number of unbranched alkanes of at least 4 members (excludes halogenated alkanes) is 3. The number of Topliss-reactive ketones (excluding diaryl/α,β-unsaturated/α-hetero) is 1. The Morgan fingerprint density at radius 1 is 1.13 bits per heavy atom. The second kappa shape index (κ2) is 10.7. The van der Waals surface area contributed by atoms with Gasteiger partial charge in [-0.2, -0.15) is 0 Å². The molecule has 3 rings (SSSR count). The first-order chi connectivity index (χ1) is 14.9. The average molecular weight is 431 g/mol. The Bertz CT molecular complexity index is 737. The smallest absolute Gasteiger partial charge is 0.303 e. The van der Waals surface area contributed by atoms with Crippen molar-refractivity contribution in [1.29, 1.82) is 0 Å². The Labute approximate surface area is 185 Å². The first kappa shape index (κ1) is 23.9. The van der Waals surface area contributed by atoms with Crippen LogP contribution >= 0.6 is 0 Å². The van der Waals surface area contributed by atoms with Crippen LogP contribution in [0, 0.1) is 11.3 Å². The summed E-state index contributed by atoms with van der Waals surface area (Å²) in [6.45, 7) is 2.17. The normalized spacial score (nSPS) is 25.9. The standard InChI is InChI=1S/C26H38O5/c1-2-14-26(15-7-16-26)25(31)19-12-10-18(11-13-19)24-20(21(27)17-22(24)28)8-5-3-4-6-9-23(29)30/h10-13,20,22,24-25,28,31H,2-9,14-17H2,1H3,(H,29,30)/t20-,22+,24+,25?/m0/s1. The molecule has 0 saturated heterocycles. The number of aliphatic hydroxyl groups excluding tert-OH is 2. The van der Waals surface area contributed by atoms with Gasteiger partial charge in [-0.15, -0.1) is 0 Å². The summed E-state index contributed by atoms with van der Waals surface area (Å²) < 4.78 is 0. The van der Waals surface area contributed by atoms with E-state index in [4.69, 9.17) is 5.11 Å². The zero-order chi connectivity index (χ0) is 22.4. The summed E-state index contributed by atoms with van der Waals surface area (Å²) in [4.78, 5) is 23.1. The van der Waals surface area contributed by atoms with Crippen molar-refractivity contribution in [3.8, 4) is 0 Å². The molecule has 2 fully saturated rings. The minimum atomic E-state index is -0.763. The Balaban J connectivity index is 1.61. The van der Waals surface area contributed by atoms with Gasteiger partial charge in [0.2, 0.25) is 0 Å². The number of ketones is 1. The molecule has 0 amide bonds. The van der Waals surface area contributed by atoms with Crippen LogP contribution in [-0.2, 0) is 9.59 Å². The quantitative estimate of drug-likeness (QED) is 0.399. The average Bonchev–Trinajstić information content (AvgIpc) is 2.99. The van der Waals surface area contributed by atoms with E-state index in [2.05, 4.69) is 6.92 Å². The number of benzene rings is 1. The molecule has 31 heavy (non-hydrogen) atoms.